The number of carbonyl (C=O) groups excluding carboxylic acids is 1. The van der Waals surface area contributed by atoms with Crippen molar-refractivity contribution in [1.29, 1.82) is 0 Å². The van der Waals surface area contributed by atoms with E-state index in [9.17, 15) is 9.90 Å². The van der Waals surface area contributed by atoms with Gasteiger partial charge in [0, 0.05) is 61.5 Å². The maximum atomic E-state index is 15.1. The predicted octanol–water partition coefficient (Wildman–Crippen LogP) is 3.08. The number of hydrogen-bond donors (Lipinski definition) is 5. The molecule has 13 heteroatoms. The summed E-state index contributed by atoms with van der Waals surface area (Å²) in [6.45, 7) is 3.41. The number of aliphatic hydroxyl groups is 1. The Hall–Kier alpha value is -4.43. The number of aromatic amines is 2. The summed E-state index contributed by atoms with van der Waals surface area (Å²) in [6, 6.07) is 8.61. The molecular weight excluding hydrogens is 541 g/mol. The van der Waals surface area contributed by atoms with Crippen LogP contribution in [0.1, 0.15) is 5.56 Å². The third-order valence-corrected chi connectivity index (χ3v) is 7.65. The standard InChI is InChI=1S/C29H32FN9O3/c1-38-6-8-39(9-7-38)25(16-42-2)28(41)35-23-5-3-4-19-21(12-31-27(19)23)26-22(30)14-32-29(36-26)34-18-10-17(15-40)20-13-33-37-24(20)11-18/h3-5,10-14,25,31,40H,6-9,15-16H2,1-2H3,(H,33,37)(H,35,41)(H,32,34,36)/t25-/m1/s1. The number of benzene rings is 2. The average molecular weight is 574 g/mol. The van der Waals surface area contributed by atoms with Gasteiger partial charge in [0.15, 0.2) is 5.82 Å². The summed E-state index contributed by atoms with van der Waals surface area (Å²) in [5, 5.41) is 24.3. The number of amides is 1. The topological polar surface area (TPSA) is 147 Å². The molecule has 0 bridgehead atoms. The number of H-pyrrole nitrogens is 2. The van der Waals surface area contributed by atoms with Crippen LogP contribution in [-0.4, -0.2) is 98.9 Å². The molecule has 0 unspecified atom stereocenters. The lowest BCUT2D eigenvalue weighted by atomic mass is 10.1. The first-order valence-corrected chi connectivity index (χ1v) is 13.6. The van der Waals surface area contributed by atoms with Gasteiger partial charge in [0.2, 0.25) is 11.9 Å². The van der Waals surface area contributed by atoms with E-state index in [0.29, 0.717) is 33.4 Å². The van der Waals surface area contributed by atoms with Gasteiger partial charge in [-0.05, 0) is 30.8 Å². The smallest absolute Gasteiger partial charge is 0.244 e. The second-order valence-corrected chi connectivity index (χ2v) is 10.4. The number of ether oxygens (including phenoxy) is 1. The number of piperazine rings is 1. The van der Waals surface area contributed by atoms with Gasteiger partial charge in [-0.3, -0.25) is 14.8 Å². The van der Waals surface area contributed by atoms with Gasteiger partial charge in [-0.15, -0.1) is 0 Å². The highest BCUT2D eigenvalue weighted by atomic mass is 19.1. The zero-order valence-corrected chi connectivity index (χ0v) is 23.3. The maximum absolute atomic E-state index is 15.1. The highest BCUT2D eigenvalue weighted by Crippen LogP contribution is 2.34. The van der Waals surface area contributed by atoms with Crippen LogP contribution in [0.2, 0.25) is 0 Å². The minimum Gasteiger partial charge on any atom is -0.392 e. The Kier molecular flexibility index (Phi) is 7.80. The van der Waals surface area contributed by atoms with Gasteiger partial charge >= 0.3 is 0 Å². The van der Waals surface area contributed by atoms with Gasteiger partial charge in [0.25, 0.3) is 0 Å². The molecule has 1 amide bonds. The van der Waals surface area contributed by atoms with Crippen molar-refractivity contribution in [3.05, 3.63) is 60.3 Å². The Balaban J connectivity index is 1.27. The molecule has 0 saturated carbocycles. The molecule has 5 N–H and O–H groups in total. The van der Waals surface area contributed by atoms with E-state index < -0.39 is 11.9 Å². The summed E-state index contributed by atoms with van der Waals surface area (Å²) in [4.78, 5) is 29.6. The summed E-state index contributed by atoms with van der Waals surface area (Å²) < 4.78 is 20.5. The monoisotopic (exact) mass is 573 g/mol. The molecule has 1 aliphatic rings. The van der Waals surface area contributed by atoms with Crippen molar-refractivity contribution in [3.8, 4) is 11.3 Å². The first kappa shape index (κ1) is 27.7. The predicted molar refractivity (Wildman–Crippen MR) is 158 cm³/mol. The Morgan fingerprint density at radius 2 is 2.02 bits per heavy atom. The van der Waals surface area contributed by atoms with Gasteiger partial charge in [-0.25, -0.2) is 14.4 Å². The first-order chi connectivity index (χ1) is 20.4. The molecule has 218 valence electrons. The molecule has 1 fully saturated rings. The summed E-state index contributed by atoms with van der Waals surface area (Å²) in [5.74, 6) is -0.574. The van der Waals surface area contributed by atoms with Crippen molar-refractivity contribution in [2.24, 2.45) is 0 Å². The molecule has 6 rings (SSSR count). The summed E-state index contributed by atoms with van der Waals surface area (Å²) >= 11 is 0. The first-order valence-electron chi connectivity index (χ1n) is 13.6. The number of aliphatic hydroxyl groups excluding tert-OH is 1. The highest BCUT2D eigenvalue weighted by molar-refractivity contribution is 6.06. The van der Waals surface area contributed by atoms with Crippen LogP contribution < -0.4 is 10.6 Å². The number of hydrogen-bond acceptors (Lipinski definition) is 9. The van der Waals surface area contributed by atoms with E-state index in [0.717, 1.165) is 43.3 Å². The molecule has 5 aromatic rings. The number of likely N-dealkylation sites (N-methyl/N-ethyl adjacent to an activating group) is 1. The van der Waals surface area contributed by atoms with Crippen LogP contribution >= 0.6 is 0 Å². The lowest BCUT2D eigenvalue weighted by Gasteiger charge is -2.36. The van der Waals surface area contributed by atoms with E-state index in [2.05, 4.69) is 52.6 Å². The van der Waals surface area contributed by atoms with E-state index in [4.69, 9.17) is 4.74 Å². The molecule has 1 atom stereocenters. The van der Waals surface area contributed by atoms with Crippen LogP contribution in [0.15, 0.2) is 48.9 Å². The molecule has 1 saturated heterocycles. The Morgan fingerprint density at radius 1 is 1.19 bits per heavy atom. The van der Waals surface area contributed by atoms with Crippen molar-refractivity contribution < 1.29 is 19.0 Å². The SMILES string of the molecule is COC[C@H](C(=O)Nc1cccc2c(-c3nc(Nc4cc(CO)c5cn[nH]c5c4)ncc3F)c[nH]c12)N1CCN(C)CC1. The zero-order valence-electron chi connectivity index (χ0n) is 23.3. The Bertz CT molecular complexity index is 1730. The number of para-hydroxylation sites is 1. The molecule has 0 spiro atoms. The van der Waals surface area contributed by atoms with Crippen LogP contribution in [0.3, 0.4) is 0 Å². The Morgan fingerprint density at radius 3 is 2.81 bits per heavy atom. The number of fused-ring (bicyclic) bond motifs is 2. The third-order valence-electron chi connectivity index (χ3n) is 7.65. The van der Waals surface area contributed by atoms with Gasteiger partial charge in [-0.1, -0.05) is 12.1 Å². The van der Waals surface area contributed by atoms with Crippen LogP contribution in [-0.2, 0) is 16.1 Å². The molecule has 2 aromatic carbocycles. The largest absolute Gasteiger partial charge is 0.392 e. The highest BCUT2D eigenvalue weighted by Gasteiger charge is 2.29. The zero-order chi connectivity index (χ0) is 29.2. The van der Waals surface area contributed by atoms with Crippen LogP contribution in [0.25, 0.3) is 33.1 Å². The minimum atomic E-state index is -0.591. The summed E-state index contributed by atoms with van der Waals surface area (Å²) in [6.07, 6.45) is 4.43. The number of halogens is 1. The van der Waals surface area contributed by atoms with Crippen LogP contribution in [0.5, 0.6) is 0 Å². The molecule has 4 heterocycles. The number of methoxy groups -OCH3 is 1. The van der Waals surface area contributed by atoms with E-state index in [1.165, 1.54) is 0 Å². The molecule has 0 aliphatic carbocycles. The molecule has 0 radical (unpaired) electrons. The van der Waals surface area contributed by atoms with Gasteiger partial charge in [0.05, 0.1) is 42.3 Å². The fourth-order valence-electron chi connectivity index (χ4n) is 5.38. The lowest BCUT2D eigenvalue weighted by Crippen LogP contribution is -2.54. The molecule has 12 nitrogen and oxygen atoms in total. The molecule has 3 aromatic heterocycles. The number of rotatable bonds is 9. The molecular formula is C29H32FN9O3. The van der Waals surface area contributed by atoms with E-state index >= 15 is 4.39 Å². The average Bonchev–Trinajstić information content (AvgIpc) is 3.65. The number of nitrogens with zero attached hydrogens (tertiary/aromatic N) is 5. The fourth-order valence-corrected chi connectivity index (χ4v) is 5.38. The van der Waals surface area contributed by atoms with Crippen molar-refractivity contribution in [2.45, 2.75) is 12.6 Å². The lowest BCUT2D eigenvalue weighted by molar-refractivity contribution is -0.124. The van der Waals surface area contributed by atoms with Crippen molar-refractivity contribution in [2.75, 3.05) is 57.6 Å². The maximum Gasteiger partial charge on any atom is 0.244 e. The molecule has 1 aliphatic heterocycles. The van der Waals surface area contributed by atoms with Crippen molar-refractivity contribution in [1.82, 2.24) is 34.9 Å². The summed E-state index contributed by atoms with van der Waals surface area (Å²) in [7, 11) is 3.66. The van der Waals surface area contributed by atoms with E-state index in [1.807, 2.05) is 24.3 Å². The third kappa shape index (κ3) is 5.42. The summed E-state index contributed by atoms with van der Waals surface area (Å²) in [5.41, 5.74) is 3.88. The fraction of sp³-hybridized carbons (Fsp3) is 0.310. The number of carbonyl (C=O) groups is 1. The van der Waals surface area contributed by atoms with E-state index in [-0.39, 0.29) is 30.8 Å². The second-order valence-electron chi connectivity index (χ2n) is 10.4. The minimum absolute atomic E-state index is 0.0990. The number of nitrogens with one attached hydrogen (secondary N) is 4. The quantitative estimate of drug-likeness (QED) is 0.179. The number of aromatic nitrogens is 5. The van der Waals surface area contributed by atoms with Crippen LogP contribution in [0, 0.1) is 5.82 Å². The van der Waals surface area contributed by atoms with Crippen LogP contribution in [0.4, 0.5) is 21.7 Å². The molecule has 42 heavy (non-hydrogen) atoms. The van der Waals surface area contributed by atoms with Crippen molar-refractivity contribution in [3.63, 3.8) is 0 Å². The van der Waals surface area contributed by atoms with Gasteiger partial charge in [0.1, 0.15) is 11.7 Å². The normalized spacial score (nSPS) is 15.3. The van der Waals surface area contributed by atoms with E-state index in [1.54, 1.807) is 25.6 Å². The number of anilines is 3. The Labute approximate surface area is 240 Å². The van der Waals surface area contributed by atoms with Crippen molar-refractivity contribution >= 4 is 45.0 Å². The second kappa shape index (κ2) is 11.8. The van der Waals surface area contributed by atoms with Gasteiger partial charge < -0.3 is 30.4 Å². The van der Waals surface area contributed by atoms with Gasteiger partial charge in [-0.2, -0.15) is 5.10 Å².